The fourth-order valence-electron chi connectivity index (χ4n) is 2.62. The highest BCUT2D eigenvalue weighted by molar-refractivity contribution is 4.73. The van der Waals surface area contributed by atoms with Crippen LogP contribution in [0.1, 0.15) is 46.5 Å². The lowest BCUT2D eigenvalue weighted by molar-refractivity contribution is -0.0457. The average molecular weight is 273 g/mol. The van der Waals surface area contributed by atoms with Gasteiger partial charge in [-0.2, -0.15) is 0 Å². The number of ether oxygens (including phenoxy) is 2. The normalized spacial score (nSPS) is 27.2. The summed E-state index contributed by atoms with van der Waals surface area (Å²) in [4.78, 5) is 0. The van der Waals surface area contributed by atoms with E-state index in [0.717, 1.165) is 19.6 Å². The number of aliphatic hydroxyl groups excluding tert-OH is 1. The van der Waals surface area contributed by atoms with Crippen molar-refractivity contribution >= 4 is 0 Å². The Labute approximate surface area is 117 Å². The van der Waals surface area contributed by atoms with Crippen molar-refractivity contribution in [2.24, 2.45) is 5.92 Å². The molecule has 1 aliphatic rings. The highest BCUT2D eigenvalue weighted by Crippen LogP contribution is 2.26. The van der Waals surface area contributed by atoms with Gasteiger partial charge in [0.2, 0.25) is 0 Å². The standard InChI is InChI=1S/C15H31NO3/c1-4-18-13(3)9-16-10-14(17)11-19-15-8-6-5-7-12(15)2/h12-17H,4-11H2,1-3H3. The van der Waals surface area contributed by atoms with Crippen molar-refractivity contribution in [2.45, 2.75) is 64.8 Å². The van der Waals surface area contributed by atoms with E-state index in [1.165, 1.54) is 19.3 Å². The monoisotopic (exact) mass is 273 g/mol. The van der Waals surface area contributed by atoms with E-state index in [9.17, 15) is 5.11 Å². The van der Waals surface area contributed by atoms with Crippen LogP contribution in [0.2, 0.25) is 0 Å². The van der Waals surface area contributed by atoms with Crippen LogP contribution in [0.15, 0.2) is 0 Å². The fraction of sp³-hybridized carbons (Fsp3) is 1.00. The second-order valence-electron chi connectivity index (χ2n) is 5.71. The molecule has 0 radical (unpaired) electrons. The van der Waals surface area contributed by atoms with Crippen molar-refractivity contribution in [2.75, 3.05) is 26.3 Å². The van der Waals surface area contributed by atoms with Gasteiger partial charge >= 0.3 is 0 Å². The van der Waals surface area contributed by atoms with Gasteiger partial charge in [0, 0.05) is 19.7 Å². The minimum Gasteiger partial charge on any atom is -0.389 e. The summed E-state index contributed by atoms with van der Waals surface area (Å²) in [5, 5.41) is 13.1. The Hall–Kier alpha value is -0.160. The van der Waals surface area contributed by atoms with E-state index in [-0.39, 0.29) is 6.10 Å². The van der Waals surface area contributed by atoms with Crippen molar-refractivity contribution in [3.05, 3.63) is 0 Å². The molecule has 19 heavy (non-hydrogen) atoms. The fourth-order valence-corrected chi connectivity index (χ4v) is 2.62. The first-order valence-corrected chi connectivity index (χ1v) is 7.75. The van der Waals surface area contributed by atoms with Gasteiger partial charge in [0.25, 0.3) is 0 Å². The molecule has 0 heterocycles. The van der Waals surface area contributed by atoms with Crippen molar-refractivity contribution in [3.63, 3.8) is 0 Å². The van der Waals surface area contributed by atoms with Crippen LogP contribution in [-0.4, -0.2) is 49.7 Å². The molecule has 114 valence electrons. The van der Waals surface area contributed by atoms with Crippen LogP contribution in [0, 0.1) is 5.92 Å². The Bertz CT molecular complexity index is 225. The molecule has 1 rings (SSSR count). The zero-order chi connectivity index (χ0) is 14.1. The molecule has 1 fully saturated rings. The largest absolute Gasteiger partial charge is 0.389 e. The summed E-state index contributed by atoms with van der Waals surface area (Å²) in [7, 11) is 0. The van der Waals surface area contributed by atoms with E-state index in [4.69, 9.17) is 9.47 Å². The lowest BCUT2D eigenvalue weighted by Crippen LogP contribution is -2.37. The number of rotatable bonds is 9. The Morgan fingerprint density at radius 1 is 1.26 bits per heavy atom. The van der Waals surface area contributed by atoms with Crippen LogP contribution in [0.4, 0.5) is 0 Å². The van der Waals surface area contributed by atoms with Gasteiger partial charge < -0.3 is 19.9 Å². The van der Waals surface area contributed by atoms with Crippen molar-refractivity contribution < 1.29 is 14.6 Å². The SMILES string of the molecule is CCOC(C)CNCC(O)COC1CCCCC1C. The molecule has 4 unspecified atom stereocenters. The van der Waals surface area contributed by atoms with Gasteiger partial charge in [-0.1, -0.05) is 19.8 Å². The van der Waals surface area contributed by atoms with E-state index >= 15 is 0 Å². The van der Waals surface area contributed by atoms with Gasteiger partial charge in [0.1, 0.15) is 0 Å². The van der Waals surface area contributed by atoms with E-state index in [2.05, 4.69) is 12.2 Å². The second kappa shape index (κ2) is 9.70. The highest BCUT2D eigenvalue weighted by Gasteiger charge is 2.22. The first kappa shape index (κ1) is 16.9. The molecular weight excluding hydrogens is 242 g/mol. The maximum Gasteiger partial charge on any atom is 0.0897 e. The van der Waals surface area contributed by atoms with Crippen LogP contribution in [0.25, 0.3) is 0 Å². The summed E-state index contributed by atoms with van der Waals surface area (Å²) >= 11 is 0. The van der Waals surface area contributed by atoms with E-state index < -0.39 is 6.10 Å². The molecule has 0 aliphatic heterocycles. The lowest BCUT2D eigenvalue weighted by atomic mass is 9.88. The molecule has 0 aromatic rings. The first-order valence-electron chi connectivity index (χ1n) is 7.75. The van der Waals surface area contributed by atoms with Crippen LogP contribution >= 0.6 is 0 Å². The maximum absolute atomic E-state index is 9.88. The zero-order valence-corrected chi connectivity index (χ0v) is 12.7. The molecular formula is C15H31NO3. The number of hydrogen-bond acceptors (Lipinski definition) is 4. The van der Waals surface area contributed by atoms with Crippen molar-refractivity contribution in [1.29, 1.82) is 0 Å². The molecule has 0 aromatic heterocycles. The summed E-state index contributed by atoms with van der Waals surface area (Å²) in [5.41, 5.74) is 0. The van der Waals surface area contributed by atoms with E-state index in [0.29, 0.717) is 25.2 Å². The minimum atomic E-state index is -0.428. The Balaban J connectivity index is 2.05. The number of hydrogen-bond donors (Lipinski definition) is 2. The molecule has 0 saturated heterocycles. The van der Waals surface area contributed by atoms with Gasteiger partial charge in [0.05, 0.1) is 24.9 Å². The van der Waals surface area contributed by atoms with Gasteiger partial charge in [-0.25, -0.2) is 0 Å². The second-order valence-corrected chi connectivity index (χ2v) is 5.71. The third-order valence-electron chi connectivity index (χ3n) is 3.80. The van der Waals surface area contributed by atoms with Crippen molar-refractivity contribution in [3.8, 4) is 0 Å². The average Bonchev–Trinajstić information content (AvgIpc) is 2.38. The number of aliphatic hydroxyl groups is 1. The lowest BCUT2D eigenvalue weighted by Gasteiger charge is -2.29. The molecule has 1 saturated carbocycles. The Kier molecular flexibility index (Phi) is 8.62. The van der Waals surface area contributed by atoms with Gasteiger partial charge in [-0.15, -0.1) is 0 Å². The molecule has 0 amide bonds. The maximum atomic E-state index is 9.88. The molecule has 4 atom stereocenters. The quantitative estimate of drug-likeness (QED) is 0.674. The predicted octanol–water partition coefficient (Wildman–Crippen LogP) is 1.96. The zero-order valence-electron chi connectivity index (χ0n) is 12.7. The van der Waals surface area contributed by atoms with Gasteiger partial charge in [-0.3, -0.25) is 0 Å². The van der Waals surface area contributed by atoms with Crippen molar-refractivity contribution in [1.82, 2.24) is 5.32 Å². The number of nitrogens with one attached hydrogen (secondary N) is 1. The predicted molar refractivity (Wildman–Crippen MR) is 77.3 cm³/mol. The minimum absolute atomic E-state index is 0.191. The van der Waals surface area contributed by atoms with Crippen LogP contribution in [0.5, 0.6) is 0 Å². The third kappa shape index (κ3) is 7.25. The third-order valence-corrected chi connectivity index (χ3v) is 3.80. The smallest absolute Gasteiger partial charge is 0.0897 e. The first-order chi connectivity index (χ1) is 9.13. The van der Waals surface area contributed by atoms with Crippen LogP contribution in [0.3, 0.4) is 0 Å². The molecule has 0 bridgehead atoms. The summed E-state index contributed by atoms with van der Waals surface area (Å²) in [6.07, 6.45) is 5.08. The highest BCUT2D eigenvalue weighted by atomic mass is 16.5. The summed E-state index contributed by atoms with van der Waals surface area (Å²) in [6, 6.07) is 0. The topological polar surface area (TPSA) is 50.7 Å². The molecule has 2 N–H and O–H groups in total. The molecule has 0 spiro atoms. The van der Waals surface area contributed by atoms with Gasteiger partial charge in [-0.05, 0) is 32.6 Å². The Morgan fingerprint density at radius 2 is 2.00 bits per heavy atom. The van der Waals surface area contributed by atoms with Gasteiger partial charge in [0.15, 0.2) is 0 Å². The summed E-state index contributed by atoms with van der Waals surface area (Å²) in [5.74, 6) is 0.631. The summed E-state index contributed by atoms with van der Waals surface area (Å²) in [6.45, 7) is 8.77. The van der Waals surface area contributed by atoms with Crippen LogP contribution < -0.4 is 5.32 Å². The molecule has 1 aliphatic carbocycles. The van der Waals surface area contributed by atoms with E-state index in [1.54, 1.807) is 0 Å². The molecule has 4 heteroatoms. The summed E-state index contributed by atoms with van der Waals surface area (Å²) < 4.78 is 11.3. The molecule has 0 aromatic carbocycles. The molecule has 4 nitrogen and oxygen atoms in total. The Morgan fingerprint density at radius 3 is 2.68 bits per heavy atom. The van der Waals surface area contributed by atoms with E-state index in [1.807, 2.05) is 13.8 Å². The van der Waals surface area contributed by atoms with Crippen LogP contribution in [-0.2, 0) is 9.47 Å².